The van der Waals surface area contributed by atoms with Crippen LogP contribution in [0.15, 0.2) is 11.1 Å². The van der Waals surface area contributed by atoms with E-state index in [0.717, 1.165) is 19.3 Å². The van der Waals surface area contributed by atoms with Crippen LogP contribution in [0.5, 0.6) is 0 Å². The first-order chi connectivity index (χ1) is 7.09. The van der Waals surface area contributed by atoms with E-state index in [2.05, 4.69) is 20.8 Å². The fourth-order valence-electron chi connectivity index (χ4n) is 4.06. The Kier molecular flexibility index (Phi) is 2.94. The number of hydrogen-bond acceptors (Lipinski definition) is 1. The molecule has 1 unspecified atom stereocenters. The maximum Gasteiger partial charge on any atom is 0.0579 e. The van der Waals surface area contributed by atoms with Crippen molar-refractivity contribution in [2.45, 2.75) is 65.4 Å². The molecule has 1 N–H and O–H groups in total. The summed E-state index contributed by atoms with van der Waals surface area (Å²) < 4.78 is 0. The Hall–Kier alpha value is -0.300. The topological polar surface area (TPSA) is 20.2 Å². The lowest BCUT2D eigenvalue weighted by atomic mass is 9.57. The van der Waals surface area contributed by atoms with Crippen molar-refractivity contribution < 1.29 is 5.11 Å². The minimum Gasteiger partial charge on any atom is -0.393 e. The highest BCUT2D eigenvalue weighted by molar-refractivity contribution is 5.27. The Morgan fingerprint density at radius 3 is 2.80 bits per heavy atom. The maximum absolute atomic E-state index is 10.1. The van der Waals surface area contributed by atoms with Crippen molar-refractivity contribution in [2.24, 2.45) is 11.3 Å². The van der Waals surface area contributed by atoms with Crippen molar-refractivity contribution in [1.82, 2.24) is 0 Å². The first-order valence-corrected chi connectivity index (χ1v) is 6.46. The van der Waals surface area contributed by atoms with Crippen LogP contribution in [0.2, 0.25) is 0 Å². The summed E-state index contributed by atoms with van der Waals surface area (Å²) in [6.07, 6.45) is 7.08. The molecule has 0 radical (unpaired) electrons. The molecule has 0 amide bonds. The second-order valence-corrected chi connectivity index (χ2v) is 5.65. The number of allylic oxidation sites excluding steroid dienone is 2. The Bertz CT molecular complexity index is 279. The first-order valence-electron chi connectivity index (χ1n) is 6.46. The van der Waals surface area contributed by atoms with Gasteiger partial charge in [0.25, 0.3) is 0 Å². The normalized spacial score (nSPS) is 41.6. The van der Waals surface area contributed by atoms with E-state index in [4.69, 9.17) is 0 Å². The molecule has 1 heteroatoms. The van der Waals surface area contributed by atoms with E-state index in [0.29, 0.717) is 11.3 Å². The monoisotopic (exact) mass is 208 g/mol. The third kappa shape index (κ3) is 1.65. The lowest BCUT2D eigenvalue weighted by molar-refractivity contribution is 0.00273. The summed E-state index contributed by atoms with van der Waals surface area (Å²) in [5.41, 5.74) is 3.62. The van der Waals surface area contributed by atoms with Gasteiger partial charge in [-0.05, 0) is 50.4 Å². The van der Waals surface area contributed by atoms with Crippen molar-refractivity contribution in [2.75, 3.05) is 0 Å². The molecule has 0 aromatic rings. The molecule has 0 heterocycles. The number of rotatable bonds is 1. The van der Waals surface area contributed by atoms with E-state index < -0.39 is 0 Å². The molecule has 2 rings (SSSR count). The first kappa shape index (κ1) is 11.2. The molecular weight excluding hydrogens is 184 g/mol. The van der Waals surface area contributed by atoms with Crippen LogP contribution in [-0.4, -0.2) is 11.2 Å². The molecule has 0 saturated heterocycles. The second-order valence-electron chi connectivity index (χ2n) is 5.65. The maximum atomic E-state index is 10.1. The molecule has 2 aliphatic carbocycles. The minimum atomic E-state index is -0.0605. The third-order valence-corrected chi connectivity index (χ3v) is 4.87. The van der Waals surface area contributed by atoms with Gasteiger partial charge < -0.3 is 5.11 Å². The van der Waals surface area contributed by atoms with E-state index in [1.165, 1.54) is 19.3 Å². The van der Waals surface area contributed by atoms with Gasteiger partial charge in [0, 0.05) is 0 Å². The van der Waals surface area contributed by atoms with Crippen molar-refractivity contribution in [3.63, 3.8) is 0 Å². The van der Waals surface area contributed by atoms with Crippen LogP contribution in [0, 0.1) is 11.3 Å². The van der Waals surface area contributed by atoms with Crippen molar-refractivity contribution in [3.8, 4) is 0 Å². The van der Waals surface area contributed by atoms with Crippen molar-refractivity contribution >= 4 is 0 Å². The molecule has 1 nitrogen and oxygen atoms in total. The predicted molar refractivity (Wildman–Crippen MR) is 63.7 cm³/mol. The summed E-state index contributed by atoms with van der Waals surface area (Å²) in [7, 11) is 0. The van der Waals surface area contributed by atoms with Gasteiger partial charge >= 0.3 is 0 Å². The SMILES string of the molecule is CC[C@H]1[C@@H](O)CCC2=C(C)CCCC21C. The number of aliphatic hydroxyl groups is 1. The molecule has 0 aromatic heterocycles. The average Bonchev–Trinajstić information content (AvgIpc) is 2.17. The number of aliphatic hydroxyl groups excluding tert-OH is 1. The van der Waals surface area contributed by atoms with Gasteiger partial charge in [0.05, 0.1) is 6.10 Å². The molecule has 15 heavy (non-hydrogen) atoms. The van der Waals surface area contributed by atoms with Gasteiger partial charge in [-0.1, -0.05) is 31.4 Å². The van der Waals surface area contributed by atoms with Gasteiger partial charge in [-0.25, -0.2) is 0 Å². The van der Waals surface area contributed by atoms with E-state index >= 15 is 0 Å². The molecule has 1 fully saturated rings. The van der Waals surface area contributed by atoms with E-state index in [1.807, 2.05) is 0 Å². The van der Waals surface area contributed by atoms with E-state index in [9.17, 15) is 5.11 Å². The molecule has 1 saturated carbocycles. The standard InChI is InChI=1S/C14H24O/c1-4-11-13(15)8-7-12-10(2)6-5-9-14(11,12)3/h11,13,15H,4-9H2,1-3H3/t11-,13-,14?/m0/s1. The van der Waals surface area contributed by atoms with Crippen molar-refractivity contribution in [1.29, 1.82) is 0 Å². The zero-order valence-electron chi connectivity index (χ0n) is 10.3. The van der Waals surface area contributed by atoms with E-state index in [-0.39, 0.29) is 6.10 Å². The lowest BCUT2D eigenvalue weighted by Crippen LogP contribution is -2.43. The summed E-state index contributed by atoms with van der Waals surface area (Å²) in [6, 6.07) is 0. The molecule has 0 bridgehead atoms. The lowest BCUT2D eigenvalue weighted by Gasteiger charge is -2.49. The number of hydrogen-bond donors (Lipinski definition) is 1. The number of fused-ring (bicyclic) bond motifs is 1. The highest BCUT2D eigenvalue weighted by Gasteiger charge is 2.45. The third-order valence-electron chi connectivity index (χ3n) is 4.87. The second kappa shape index (κ2) is 3.93. The van der Waals surface area contributed by atoms with Gasteiger partial charge in [0.15, 0.2) is 0 Å². The zero-order valence-corrected chi connectivity index (χ0v) is 10.3. The summed E-state index contributed by atoms with van der Waals surface area (Å²) in [6.45, 7) is 6.92. The van der Waals surface area contributed by atoms with E-state index in [1.54, 1.807) is 11.1 Å². The van der Waals surface area contributed by atoms with Gasteiger partial charge in [-0.3, -0.25) is 0 Å². The molecular formula is C14H24O. The molecule has 0 aromatic carbocycles. The predicted octanol–water partition coefficient (Wildman–Crippen LogP) is 3.67. The summed E-state index contributed by atoms with van der Waals surface area (Å²) in [5, 5.41) is 10.1. The van der Waals surface area contributed by atoms with Crippen LogP contribution < -0.4 is 0 Å². The fraction of sp³-hybridized carbons (Fsp3) is 0.857. The van der Waals surface area contributed by atoms with Gasteiger partial charge in [-0.2, -0.15) is 0 Å². The van der Waals surface area contributed by atoms with Crippen LogP contribution >= 0.6 is 0 Å². The molecule has 0 aliphatic heterocycles. The molecule has 3 atom stereocenters. The quantitative estimate of drug-likeness (QED) is 0.652. The van der Waals surface area contributed by atoms with Crippen LogP contribution in [0.25, 0.3) is 0 Å². The molecule has 86 valence electrons. The minimum absolute atomic E-state index is 0.0605. The highest BCUT2D eigenvalue weighted by atomic mass is 16.3. The Balaban J connectivity index is 2.38. The van der Waals surface area contributed by atoms with Gasteiger partial charge in [-0.15, -0.1) is 0 Å². The highest BCUT2D eigenvalue weighted by Crippen LogP contribution is 2.53. The van der Waals surface area contributed by atoms with Gasteiger partial charge in [0.1, 0.15) is 0 Å². The molecule has 0 spiro atoms. The van der Waals surface area contributed by atoms with Crippen LogP contribution in [0.3, 0.4) is 0 Å². The summed E-state index contributed by atoms with van der Waals surface area (Å²) in [4.78, 5) is 0. The summed E-state index contributed by atoms with van der Waals surface area (Å²) in [5.74, 6) is 0.497. The average molecular weight is 208 g/mol. The Labute approximate surface area is 93.6 Å². The van der Waals surface area contributed by atoms with Crippen molar-refractivity contribution in [3.05, 3.63) is 11.1 Å². The smallest absolute Gasteiger partial charge is 0.0579 e. The van der Waals surface area contributed by atoms with Crippen LogP contribution in [-0.2, 0) is 0 Å². The fourth-order valence-corrected chi connectivity index (χ4v) is 4.06. The Morgan fingerprint density at radius 2 is 2.13 bits per heavy atom. The zero-order chi connectivity index (χ0) is 11.1. The Morgan fingerprint density at radius 1 is 1.40 bits per heavy atom. The largest absolute Gasteiger partial charge is 0.393 e. The van der Waals surface area contributed by atoms with Crippen LogP contribution in [0.1, 0.15) is 59.3 Å². The van der Waals surface area contributed by atoms with Crippen LogP contribution in [0.4, 0.5) is 0 Å². The van der Waals surface area contributed by atoms with Gasteiger partial charge in [0.2, 0.25) is 0 Å². The molecule has 2 aliphatic rings. The summed E-state index contributed by atoms with van der Waals surface area (Å²) >= 11 is 0.